The smallest absolute Gasteiger partial charge is 0.240 e. The van der Waals surface area contributed by atoms with Crippen molar-refractivity contribution in [3.8, 4) is 0 Å². The van der Waals surface area contributed by atoms with Gasteiger partial charge in [-0.15, -0.1) is 0 Å². The Bertz CT molecular complexity index is 879. The Kier molecular flexibility index (Phi) is 4.59. The SMILES string of the molecule is CC(C)(C)NC(=O)Cn1c([C@H](O)c2ccccc2)nc2ccccc21. The fraction of sp³-hybridized carbons (Fsp3) is 0.300. The first-order valence-corrected chi connectivity index (χ1v) is 8.34. The van der Waals surface area contributed by atoms with Gasteiger partial charge in [0.05, 0.1) is 11.0 Å². The van der Waals surface area contributed by atoms with Gasteiger partial charge >= 0.3 is 0 Å². The van der Waals surface area contributed by atoms with Crippen LogP contribution in [0.1, 0.15) is 38.3 Å². The van der Waals surface area contributed by atoms with Gasteiger partial charge < -0.3 is 15.0 Å². The van der Waals surface area contributed by atoms with Crippen molar-refractivity contribution in [3.63, 3.8) is 0 Å². The zero-order valence-corrected chi connectivity index (χ0v) is 14.7. The number of aromatic nitrogens is 2. The first-order valence-electron chi connectivity index (χ1n) is 8.34. The summed E-state index contributed by atoms with van der Waals surface area (Å²) in [5, 5.41) is 13.8. The van der Waals surface area contributed by atoms with Gasteiger partial charge in [-0.25, -0.2) is 4.98 Å². The first kappa shape index (κ1) is 17.2. The van der Waals surface area contributed by atoms with E-state index in [0.29, 0.717) is 5.82 Å². The molecular weight excluding hydrogens is 314 g/mol. The van der Waals surface area contributed by atoms with E-state index >= 15 is 0 Å². The maximum absolute atomic E-state index is 12.4. The Morgan fingerprint density at radius 1 is 1.12 bits per heavy atom. The molecule has 0 radical (unpaired) electrons. The molecule has 1 amide bonds. The largest absolute Gasteiger partial charge is 0.380 e. The van der Waals surface area contributed by atoms with Gasteiger partial charge in [0, 0.05) is 5.54 Å². The molecule has 0 spiro atoms. The number of aliphatic hydroxyl groups excluding tert-OH is 1. The van der Waals surface area contributed by atoms with E-state index in [2.05, 4.69) is 10.3 Å². The summed E-state index contributed by atoms with van der Waals surface area (Å²) in [6, 6.07) is 16.9. The van der Waals surface area contributed by atoms with E-state index in [4.69, 9.17) is 0 Å². The van der Waals surface area contributed by atoms with Crippen molar-refractivity contribution in [1.82, 2.24) is 14.9 Å². The highest BCUT2D eigenvalue weighted by Crippen LogP contribution is 2.25. The Morgan fingerprint density at radius 2 is 1.76 bits per heavy atom. The lowest BCUT2D eigenvalue weighted by atomic mass is 10.1. The fourth-order valence-corrected chi connectivity index (χ4v) is 2.85. The summed E-state index contributed by atoms with van der Waals surface area (Å²) in [5.74, 6) is 0.355. The van der Waals surface area contributed by atoms with Crippen LogP contribution in [-0.4, -0.2) is 26.1 Å². The second kappa shape index (κ2) is 6.69. The predicted octanol–water partition coefficient (Wildman–Crippen LogP) is 3.03. The van der Waals surface area contributed by atoms with Gasteiger partial charge in [0.2, 0.25) is 5.91 Å². The fourth-order valence-electron chi connectivity index (χ4n) is 2.85. The molecule has 2 N–H and O–H groups in total. The maximum atomic E-state index is 12.4. The third-order valence-electron chi connectivity index (χ3n) is 3.86. The molecule has 0 aliphatic rings. The summed E-state index contributed by atoms with van der Waals surface area (Å²) in [6.45, 7) is 5.93. The first-order chi connectivity index (χ1) is 11.8. The minimum Gasteiger partial charge on any atom is -0.380 e. The molecule has 3 aromatic rings. The normalized spacial score (nSPS) is 13.0. The number of para-hydroxylation sites is 2. The molecule has 2 aromatic carbocycles. The summed E-state index contributed by atoms with van der Waals surface area (Å²) >= 11 is 0. The van der Waals surface area contributed by atoms with Crippen molar-refractivity contribution < 1.29 is 9.90 Å². The van der Waals surface area contributed by atoms with E-state index in [0.717, 1.165) is 16.6 Å². The molecule has 1 aromatic heterocycles. The van der Waals surface area contributed by atoms with Gasteiger partial charge in [0.25, 0.3) is 0 Å². The molecule has 0 bridgehead atoms. The number of amides is 1. The lowest BCUT2D eigenvalue weighted by Gasteiger charge is -2.21. The second-order valence-electron chi connectivity index (χ2n) is 7.16. The average molecular weight is 337 g/mol. The van der Waals surface area contributed by atoms with E-state index in [1.165, 1.54) is 0 Å². The summed E-state index contributed by atoms with van der Waals surface area (Å²) < 4.78 is 1.79. The molecule has 0 aliphatic heterocycles. The molecule has 0 saturated heterocycles. The van der Waals surface area contributed by atoms with Crippen LogP contribution in [0.3, 0.4) is 0 Å². The summed E-state index contributed by atoms with van der Waals surface area (Å²) in [6.07, 6.45) is -0.893. The molecule has 3 rings (SSSR count). The van der Waals surface area contributed by atoms with Crippen LogP contribution in [-0.2, 0) is 11.3 Å². The molecule has 130 valence electrons. The second-order valence-corrected chi connectivity index (χ2v) is 7.16. The molecule has 5 heteroatoms. The van der Waals surface area contributed by atoms with Crippen LogP contribution in [0.4, 0.5) is 0 Å². The number of carbonyl (C=O) groups is 1. The molecule has 0 fully saturated rings. The van der Waals surface area contributed by atoms with Crippen LogP contribution >= 0.6 is 0 Å². The van der Waals surface area contributed by atoms with Gasteiger partial charge in [-0.1, -0.05) is 42.5 Å². The summed E-state index contributed by atoms with van der Waals surface area (Å²) in [4.78, 5) is 17.0. The molecule has 25 heavy (non-hydrogen) atoms. The number of nitrogens with zero attached hydrogens (tertiary/aromatic N) is 2. The molecule has 0 saturated carbocycles. The van der Waals surface area contributed by atoms with E-state index in [-0.39, 0.29) is 18.0 Å². The number of nitrogens with one attached hydrogen (secondary N) is 1. The Labute approximate surface area is 147 Å². The number of carbonyl (C=O) groups excluding carboxylic acids is 1. The zero-order chi connectivity index (χ0) is 18.0. The highest BCUT2D eigenvalue weighted by Gasteiger charge is 2.22. The molecule has 5 nitrogen and oxygen atoms in total. The van der Waals surface area contributed by atoms with Crippen LogP contribution in [0.15, 0.2) is 54.6 Å². The lowest BCUT2D eigenvalue weighted by molar-refractivity contribution is -0.123. The minimum absolute atomic E-state index is 0.108. The van der Waals surface area contributed by atoms with Gasteiger partial charge in [-0.3, -0.25) is 4.79 Å². The number of rotatable bonds is 4. The molecule has 0 unspecified atom stereocenters. The molecule has 0 aliphatic carbocycles. The highest BCUT2D eigenvalue weighted by atomic mass is 16.3. The van der Waals surface area contributed by atoms with Crippen molar-refractivity contribution in [2.24, 2.45) is 0 Å². The van der Waals surface area contributed by atoms with Crippen molar-refractivity contribution in [1.29, 1.82) is 0 Å². The molecule has 1 atom stereocenters. The summed E-state index contributed by atoms with van der Waals surface area (Å²) in [5.41, 5.74) is 2.02. The minimum atomic E-state index is -0.893. The zero-order valence-electron chi connectivity index (χ0n) is 14.7. The third-order valence-corrected chi connectivity index (χ3v) is 3.86. The number of benzene rings is 2. The number of fused-ring (bicyclic) bond motifs is 1. The van der Waals surface area contributed by atoms with E-state index in [9.17, 15) is 9.90 Å². The van der Waals surface area contributed by atoms with Crippen LogP contribution in [0.5, 0.6) is 0 Å². The summed E-state index contributed by atoms with van der Waals surface area (Å²) in [7, 11) is 0. The quantitative estimate of drug-likeness (QED) is 0.769. The van der Waals surface area contributed by atoms with E-state index in [1.807, 2.05) is 75.4 Å². The maximum Gasteiger partial charge on any atom is 0.240 e. The van der Waals surface area contributed by atoms with E-state index < -0.39 is 6.10 Å². The van der Waals surface area contributed by atoms with Crippen molar-refractivity contribution in [3.05, 3.63) is 66.0 Å². The lowest BCUT2D eigenvalue weighted by Crippen LogP contribution is -2.42. The Morgan fingerprint density at radius 3 is 2.44 bits per heavy atom. The number of imidazole rings is 1. The van der Waals surface area contributed by atoms with Crippen LogP contribution in [0.2, 0.25) is 0 Å². The third kappa shape index (κ3) is 3.88. The molecular formula is C20H23N3O2. The van der Waals surface area contributed by atoms with Gasteiger partial charge in [0.1, 0.15) is 18.5 Å². The highest BCUT2D eigenvalue weighted by molar-refractivity contribution is 5.81. The molecule has 1 heterocycles. The Balaban J connectivity index is 2.02. The standard InChI is InChI=1S/C20H23N3O2/c1-20(2,3)22-17(24)13-23-16-12-8-7-11-15(16)21-19(23)18(25)14-9-5-4-6-10-14/h4-12,18,25H,13H2,1-3H3,(H,22,24)/t18-/m1/s1. The van der Waals surface area contributed by atoms with Crippen molar-refractivity contribution in [2.45, 2.75) is 39.0 Å². The number of hydrogen-bond donors (Lipinski definition) is 2. The van der Waals surface area contributed by atoms with Crippen LogP contribution < -0.4 is 5.32 Å². The monoisotopic (exact) mass is 337 g/mol. The predicted molar refractivity (Wildman–Crippen MR) is 98.1 cm³/mol. The Hall–Kier alpha value is -2.66. The van der Waals surface area contributed by atoms with E-state index in [1.54, 1.807) is 4.57 Å². The van der Waals surface area contributed by atoms with Gasteiger partial charge in [0.15, 0.2) is 0 Å². The van der Waals surface area contributed by atoms with Gasteiger partial charge in [-0.2, -0.15) is 0 Å². The average Bonchev–Trinajstić information content (AvgIpc) is 2.92. The van der Waals surface area contributed by atoms with Gasteiger partial charge in [-0.05, 0) is 38.5 Å². The van der Waals surface area contributed by atoms with Crippen molar-refractivity contribution in [2.75, 3.05) is 0 Å². The number of hydrogen-bond acceptors (Lipinski definition) is 3. The van der Waals surface area contributed by atoms with Crippen LogP contribution in [0.25, 0.3) is 11.0 Å². The van der Waals surface area contributed by atoms with Crippen molar-refractivity contribution >= 4 is 16.9 Å². The topological polar surface area (TPSA) is 67.2 Å². The number of aliphatic hydroxyl groups is 1. The van der Waals surface area contributed by atoms with Crippen LogP contribution in [0, 0.1) is 0 Å².